The molecule has 0 bridgehead atoms. The maximum atomic E-state index is 4.48. The Morgan fingerprint density at radius 1 is 0.828 bits per heavy atom. The molecule has 5 heteroatoms. The van der Waals surface area contributed by atoms with Crippen LogP contribution >= 0.6 is 23.1 Å². The summed E-state index contributed by atoms with van der Waals surface area (Å²) < 4.78 is 0. The van der Waals surface area contributed by atoms with Crippen LogP contribution in [0.5, 0.6) is 0 Å². The summed E-state index contributed by atoms with van der Waals surface area (Å²) in [5.74, 6) is 0. The predicted molar refractivity (Wildman–Crippen MR) is 125 cm³/mol. The fraction of sp³-hybridized carbons (Fsp3) is 0.0417. The summed E-state index contributed by atoms with van der Waals surface area (Å²) in [5, 5.41) is 8.81. The smallest absolute Gasteiger partial charge is 0.123 e. The van der Waals surface area contributed by atoms with Gasteiger partial charge < -0.3 is 10.2 Å². The highest BCUT2D eigenvalue weighted by Crippen LogP contribution is 2.39. The maximum absolute atomic E-state index is 4.48. The Hall–Kier alpha value is -3.02. The van der Waals surface area contributed by atoms with Crippen molar-refractivity contribution in [1.82, 2.24) is 10.3 Å². The first kappa shape index (κ1) is 18.0. The molecular weight excluding hydrogens is 394 g/mol. The maximum Gasteiger partial charge on any atom is 0.123 e. The summed E-state index contributed by atoms with van der Waals surface area (Å²) >= 11 is 3.45. The molecule has 142 valence electrons. The Kier molecular flexibility index (Phi) is 5.07. The first-order chi connectivity index (χ1) is 14.4. The monoisotopic (exact) mass is 413 g/mol. The van der Waals surface area contributed by atoms with Gasteiger partial charge in [0.05, 0.1) is 0 Å². The molecule has 0 amide bonds. The molecule has 1 aliphatic rings. The first-order valence-corrected chi connectivity index (χ1v) is 11.2. The molecule has 2 heterocycles. The molecule has 5 rings (SSSR count). The Morgan fingerprint density at radius 2 is 1.62 bits per heavy atom. The zero-order chi connectivity index (χ0) is 19.5. The van der Waals surface area contributed by atoms with Gasteiger partial charge in [-0.2, -0.15) is 0 Å². The molecule has 0 spiro atoms. The molecule has 1 unspecified atom stereocenters. The number of thiazole rings is 1. The summed E-state index contributed by atoms with van der Waals surface area (Å²) in [5.41, 5.74) is 5.78. The van der Waals surface area contributed by atoms with Crippen molar-refractivity contribution in [3.63, 3.8) is 0 Å². The summed E-state index contributed by atoms with van der Waals surface area (Å²) in [6.45, 7) is 0. The molecule has 29 heavy (non-hydrogen) atoms. The normalized spacial score (nSPS) is 15.2. The summed E-state index contributed by atoms with van der Waals surface area (Å²) in [6.07, 6.45) is 3.86. The number of hydrogen-bond acceptors (Lipinski definition) is 5. The van der Waals surface area contributed by atoms with Crippen molar-refractivity contribution in [2.24, 2.45) is 0 Å². The minimum atomic E-state index is 0.259. The zero-order valence-corrected chi connectivity index (χ0v) is 17.2. The highest BCUT2D eigenvalue weighted by Gasteiger charge is 2.17. The predicted octanol–water partition coefficient (Wildman–Crippen LogP) is 7.09. The quantitative estimate of drug-likeness (QED) is 0.378. The highest BCUT2D eigenvalue weighted by atomic mass is 32.2. The number of benzene rings is 3. The van der Waals surface area contributed by atoms with Gasteiger partial charge in [-0.05, 0) is 47.4 Å². The lowest BCUT2D eigenvalue weighted by atomic mass is 10.1. The minimum Gasteiger partial charge on any atom is -0.375 e. The first-order valence-electron chi connectivity index (χ1n) is 9.40. The lowest BCUT2D eigenvalue weighted by molar-refractivity contribution is 0.862. The van der Waals surface area contributed by atoms with Gasteiger partial charge in [0.1, 0.15) is 10.4 Å². The van der Waals surface area contributed by atoms with Crippen LogP contribution in [0.3, 0.4) is 0 Å². The molecule has 0 radical (unpaired) electrons. The molecule has 3 aromatic carbocycles. The summed E-state index contributed by atoms with van der Waals surface area (Å²) in [6, 6.07) is 27.8. The van der Waals surface area contributed by atoms with Crippen LogP contribution in [-0.4, -0.2) is 4.98 Å². The average Bonchev–Trinajstić information content (AvgIpc) is 3.50. The molecule has 1 N–H and O–H groups in total. The van der Waals surface area contributed by atoms with Crippen molar-refractivity contribution in [2.45, 2.75) is 5.37 Å². The van der Waals surface area contributed by atoms with Crippen LogP contribution in [-0.2, 0) is 0 Å². The third-order valence-electron chi connectivity index (χ3n) is 4.76. The Balaban J connectivity index is 1.60. The SMILES string of the molecule is C1=CSC(c2cccc(N(c3ccccc3)c3cccc(-c4nccs4)c3)c2)N1. The van der Waals surface area contributed by atoms with Crippen molar-refractivity contribution in [3.8, 4) is 10.6 Å². The van der Waals surface area contributed by atoms with Crippen LogP contribution in [0.2, 0.25) is 0 Å². The second-order valence-electron chi connectivity index (χ2n) is 6.64. The van der Waals surface area contributed by atoms with E-state index in [-0.39, 0.29) is 5.37 Å². The number of anilines is 3. The number of rotatable bonds is 5. The van der Waals surface area contributed by atoms with E-state index in [1.807, 2.05) is 17.8 Å². The minimum absolute atomic E-state index is 0.259. The van der Waals surface area contributed by atoms with E-state index in [0.717, 1.165) is 27.6 Å². The number of aromatic nitrogens is 1. The average molecular weight is 414 g/mol. The van der Waals surface area contributed by atoms with Crippen LogP contribution in [0.4, 0.5) is 17.1 Å². The van der Waals surface area contributed by atoms with Gasteiger partial charge in [-0.3, -0.25) is 0 Å². The van der Waals surface area contributed by atoms with Crippen molar-refractivity contribution in [3.05, 3.63) is 108 Å². The lowest BCUT2D eigenvalue weighted by Gasteiger charge is -2.26. The van der Waals surface area contributed by atoms with E-state index in [9.17, 15) is 0 Å². The van der Waals surface area contributed by atoms with Crippen LogP contribution in [0, 0.1) is 0 Å². The molecule has 0 saturated heterocycles. The largest absolute Gasteiger partial charge is 0.375 e. The van der Waals surface area contributed by atoms with Crippen LogP contribution in [0.25, 0.3) is 10.6 Å². The number of nitrogens with one attached hydrogen (secondary N) is 1. The number of para-hydroxylation sites is 1. The van der Waals surface area contributed by atoms with Crippen molar-refractivity contribution < 1.29 is 0 Å². The van der Waals surface area contributed by atoms with E-state index in [0.29, 0.717) is 0 Å². The Morgan fingerprint density at radius 3 is 2.38 bits per heavy atom. The summed E-state index contributed by atoms with van der Waals surface area (Å²) in [7, 11) is 0. The second-order valence-corrected chi connectivity index (χ2v) is 8.55. The third kappa shape index (κ3) is 3.79. The van der Waals surface area contributed by atoms with E-state index < -0.39 is 0 Å². The molecule has 0 fully saturated rings. The van der Waals surface area contributed by atoms with E-state index in [4.69, 9.17) is 0 Å². The van der Waals surface area contributed by atoms with Gasteiger partial charge in [-0.1, -0.05) is 42.5 Å². The number of nitrogens with zero attached hydrogens (tertiary/aromatic N) is 2. The van der Waals surface area contributed by atoms with E-state index in [2.05, 4.69) is 99.5 Å². The van der Waals surface area contributed by atoms with E-state index >= 15 is 0 Å². The number of thioether (sulfide) groups is 1. The van der Waals surface area contributed by atoms with E-state index in [1.54, 1.807) is 23.1 Å². The second kappa shape index (κ2) is 8.15. The Labute approximate surface area is 178 Å². The highest BCUT2D eigenvalue weighted by molar-refractivity contribution is 8.02. The zero-order valence-electron chi connectivity index (χ0n) is 15.6. The van der Waals surface area contributed by atoms with Gasteiger partial charge in [-0.15, -0.1) is 23.1 Å². The molecule has 1 aromatic heterocycles. The van der Waals surface area contributed by atoms with Gasteiger partial charge in [0.2, 0.25) is 0 Å². The molecular formula is C24H19N3S2. The van der Waals surface area contributed by atoms with Gasteiger partial charge in [0, 0.05) is 40.4 Å². The molecule has 0 saturated carbocycles. The molecule has 3 nitrogen and oxygen atoms in total. The van der Waals surface area contributed by atoms with Gasteiger partial charge >= 0.3 is 0 Å². The van der Waals surface area contributed by atoms with Crippen molar-refractivity contribution in [1.29, 1.82) is 0 Å². The third-order valence-corrected chi connectivity index (χ3v) is 6.56. The standard InChI is InChI=1S/C24H19N3S2/c1-2-8-20(9-3-1)27(21-10-4-6-18(16-21)23-25-12-14-28-23)22-11-5-7-19(17-22)24-26-13-15-29-24/h1-17,23,25H. The summed E-state index contributed by atoms with van der Waals surface area (Å²) in [4.78, 5) is 6.78. The molecule has 1 atom stereocenters. The lowest BCUT2D eigenvalue weighted by Crippen LogP contribution is -2.12. The van der Waals surface area contributed by atoms with Crippen LogP contribution in [0.15, 0.2) is 102 Å². The van der Waals surface area contributed by atoms with Crippen LogP contribution < -0.4 is 10.2 Å². The fourth-order valence-corrected chi connectivity index (χ4v) is 4.86. The molecule has 0 aliphatic carbocycles. The van der Waals surface area contributed by atoms with Crippen molar-refractivity contribution in [2.75, 3.05) is 4.90 Å². The van der Waals surface area contributed by atoms with Gasteiger partial charge in [0.25, 0.3) is 0 Å². The van der Waals surface area contributed by atoms with Crippen LogP contribution in [0.1, 0.15) is 10.9 Å². The topological polar surface area (TPSA) is 28.2 Å². The molecule has 4 aromatic rings. The van der Waals surface area contributed by atoms with E-state index in [1.165, 1.54) is 5.56 Å². The number of hydrogen-bond donors (Lipinski definition) is 1. The van der Waals surface area contributed by atoms with Gasteiger partial charge in [0.15, 0.2) is 0 Å². The molecule has 1 aliphatic heterocycles. The van der Waals surface area contributed by atoms with Gasteiger partial charge in [-0.25, -0.2) is 4.98 Å². The fourth-order valence-electron chi connectivity index (χ4n) is 3.45. The van der Waals surface area contributed by atoms with Crippen molar-refractivity contribution >= 4 is 40.2 Å². The Bertz CT molecular complexity index is 1120.